The van der Waals surface area contributed by atoms with Gasteiger partial charge in [0.2, 0.25) is 0 Å². The number of carbonyl (C=O) groups is 1. The van der Waals surface area contributed by atoms with Gasteiger partial charge < -0.3 is 10.8 Å². The van der Waals surface area contributed by atoms with Gasteiger partial charge >= 0.3 is 5.97 Å². The molecule has 0 aliphatic heterocycles. The van der Waals surface area contributed by atoms with Gasteiger partial charge in [-0.3, -0.25) is 4.79 Å². The first-order valence-corrected chi connectivity index (χ1v) is 5.77. The summed E-state index contributed by atoms with van der Waals surface area (Å²) in [6.07, 6.45) is 0.162. The van der Waals surface area contributed by atoms with Crippen LogP contribution in [0.1, 0.15) is 13.3 Å². The summed E-state index contributed by atoms with van der Waals surface area (Å²) in [5.41, 5.74) is 4.07. The van der Waals surface area contributed by atoms with Gasteiger partial charge in [-0.15, -0.1) is 0 Å². The maximum atomic E-state index is 11.3. The molecule has 0 unspecified atom stereocenters. The second kappa shape index (κ2) is 2.95. The third-order valence-corrected chi connectivity index (χ3v) is 4.92. The van der Waals surface area contributed by atoms with Crippen LogP contribution in [-0.2, 0) is 14.6 Å². The Bertz CT molecular complexity index is 323. The molecule has 0 radical (unpaired) electrons. The van der Waals surface area contributed by atoms with E-state index < -0.39 is 26.5 Å². The minimum absolute atomic E-state index is 0.0211. The summed E-state index contributed by atoms with van der Waals surface area (Å²) < 4.78 is 22.6. The van der Waals surface area contributed by atoms with Gasteiger partial charge in [0.05, 0.1) is 10.7 Å². The Hall–Kier alpha value is -0.620. The zero-order valence-electron chi connectivity index (χ0n) is 7.36. The minimum atomic E-state index is -3.25. The van der Waals surface area contributed by atoms with Gasteiger partial charge in [-0.05, 0) is 6.42 Å². The van der Waals surface area contributed by atoms with Crippen molar-refractivity contribution in [3.63, 3.8) is 0 Å². The predicted molar refractivity (Wildman–Crippen MR) is 47.0 cm³/mol. The predicted octanol–water partition coefficient (Wildman–Crippen LogP) is -0.777. The van der Waals surface area contributed by atoms with E-state index in [-0.39, 0.29) is 18.7 Å². The Balaban J connectivity index is 2.89. The van der Waals surface area contributed by atoms with Crippen molar-refractivity contribution in [2.24, 2.45) is 11.1 Å². The molecule has 0 saturated heterocycles. The Morgan fingerprint density at radius 3 is 2.46 bits per heavy atom. The molecule has 1 fully saturated rings. The van der Waals surface area contributed by atoms with E-state index in [4.69, 9.17) is 10.8 Å². The van der Waals surface area contributed by atoms with Crippen molar-refractivity contribution in [3.8, 4) is 0 Å². The number of aliphatic carboxylic acids is 1. The van der Waals surface area contributed by atoms with Crippen molar-refractivity contribution < 1.29 is 18.3 Å². The molecule has 0 aromatic carbocycles. The van der Waals surface area contributed by atoms with Crippen LogP contribution in [0.5, 0.6) is 0 Å². The van der Waals surface area contributed by atoms with Crippen LogP contribution in [0.2, 0.25) is 0 Å². The van der Waals surface area contributed by atoms with Crippen LogP contribution in [0, 0.1) is 5.41 Å². The van der Waals surface area contributed by atoms with Crippen molar-refractivity contribution in [3.05, 3.63) is 0 Å². The molecule has 0 aromatic heterocycles. The number of carboxylic acids is 1. The van der Waals surface area contributed by atoms with E-state index in [2.05, 4.69) is 0 Å². The molecule has 0 heterocycles. The molecular weight excluding hydrogens is 194 g/mol. The number of hydrogen-bond donors (Lipinski definition) is 2. The molecule has 5 nitrogen and oxygen atoms in total. The fourth-order valence-corrected chi connectivity index (χ4v) is 3.31. The number of sulfone groups is 1. The lowest BCUT2D eigenvalue weighted by atomic mass is 10.1. The molecule has 1 rings (SSSR count). The molecule has 1 aliphatic carbocycles. The van der Waals surface area contributed by atoms with E-state index in [0.717, 1.165) is 0 Å². The van der Waals surface area contributed by atoms with E-state index in [1.54, 1.807) is 0 Å². The summed E-state index contributed by atoms with van der Waals surface area (Å²) >= 11 is 0. The van der Waals surface area contributed by atoms with Crippen molar-refractivity contribution in [1.29, 1.82) is 0 Å². The van der Waals surface area contributed by atoms with Gasteiger partial charge in [-0.25, -0.2) is 8.42 Å². The monoisotopic (exact) mass is 207 g/mol. The molecule has 13 heavy (non-hydrogen) atoms. The topological polar surface area (TPSA) is 97.5 Å². The van der Waals surface area contributed by atoms with E-state index in [0.29, 0.717) is 0 Å². The Morgan fingerprint density at radius 2 is 2.23 bits per heavy atom. The standard InChI is InChI=1S/C7H13NO4S/c1-2-13(11,12)5-3-7(5,4-8)6(9)10/h5H,2-4,8H2,1H3,(H,9,10)/t5-,7+/m1/s1. The van der Waals surface area contributed by atoms with E-state index in [1.165, 1.54) is 6.92 Å². The number of rotatable bonds is 4. The smallest absolute Gasteiger partial charge is 0.312 e. The largest absolute Gasteiger partial charge is 0.481 e. The van der Waals surface area contributed by atoms with E-state index in [9.17, 15) is 13.2 Å². The summed E-state index contributed by atoms with van der Waals surface area (Å²) in [5.74, 6) is -1.12. The highest BCUT2D eigenvalue weighted by molar-refractivity contribution is 7.92. The third kappa shape index (κ3) is 1.44. The van der Waals surface area contributed by atoms with Gasteiger partial charge in [0, 0.05) is 12.3 Å². The van der Waals surface area contributed by atoms with Crippen LogP contribution in [0.25, 0.3) is 0 Å². The fourth-order valence-electron chi connectivity index (χ4n) is 1.47. The van der Waals surface area contributed by atoms with E-state index in [1.807, 2.05) is 0 Å². The molecule has 2 atom stereocenters. The van der Waals surface area contributed by atoms with Crippen LogP contribution in [-0.4, -0.2) is 37.0 Å². The van der Waals surface area contributed by atoms with Crippen molar-refractivity contribution in [2.45, 2.75) is 18.6 Å². The molecule has 1 saturated carbocycles. The van der Waals surface area contributed by atoms with Crippen molar-refractivity contribution >= 4 is 15.8 Å². The van der Waals surface area contributed by atoms with Crippen molar-refractivity contribution in [2.75, 3.05) is 12.3 Å². The average Bonchev–Trinajstić information content (AvgIpc) is 2.80. The average molecular weight is 207 g/mol. The maximum absolute atomic E-state index is 11.3. The lowest BCUT2D eigenvalue weighted by Gasteiger charge is -2.08. The Labute approximate surface area is 76.8 Å². The summed E-state index contributed by atoms with van der Waals surface area (Å²) in [6.45, 7) is 1.41. The number of carboxylic acid groups (broad SMARTS) is 1. The van der Waals surface area contributed by atoms with E-state index >= 15 is 0 Å². The fraction of sp³-hybridized carbons (Fsp3) is 0.857. The second-order valence-electron chi connectivity index (χ2n) is 3.31. The molecule has 0 bridgehead atoms. The highest BCUT2D eigenvalue weighted by Gasteiger charge is 2.65. The third-order valence-electron chi connectivity index (χ3n) is 2.63. The number of nitrogens with two attached hydrogens (primary N) is 1. The molecule has 1 aliphatic rings. The van der Waals surface area contributed by atoms with Crippen LogP contribution in [0.4, 0.5) is 0 Å². The molecule has 0 aromatic rings. The van der Waals surface area contributed by atoms with Gasteiger partial charge in [0.15, 0.2) is 9.84 Å². The molecule has 76 valence electrons. The lowest BCUT2D eigenvalue weighted by molar-refractivity contribution is -0.142. The number of hydrogen-bond acceptors (Lipinski definition) is 4. The summed E-state index contributed by atoms with van der Waals surface area (Å²) in [4.78, 5) is 10.7. The van der Waals surface area contributed by atoms with Gasteiger partial charge in [-0.2, -0.15) is 0 Å². The first-order chi connectivity index (χ1) is 5.90. The Kier molecular flexibility index (Phi) is 2.38. The summed E-state index contributed by atoms with van der Waals surface area (Å²) in [6, 6.07) is 0. The van der Waals surface area contributed by atoms with Gasteiger partial charge in [0.1, 0.15) is 0 Å². The van der Waals surface area contributed by atoms with Gasteiger partial charge in [0.25, 0.3) is 0 Å². The minimum Gasteiger partial charge on any atom is -0.481 e. The molecular formula is C7H13NO4S. The first-order valence-electron chi connectivity index (χ1n) is 4.05. The molecule has 0 amide bonds. The van der Waals surface area contributed by atoms with Crippen LogP contribution >= 0.6 is 0 Å². The quantitative estimate of drug-likeness (QED) is 0.630. The van der Waals surface area contributed by atoms with Crippen LogP contribution < -0.4 is 5.73 Å². The summed E-state index contributed by atoms with van der Waals surface area (Å²) in [5, 5.41) is 8.02. The van der Waals surface area contributed by atoms with Crippen LogP contribution in [0.15, 0.2) is 0 Å². The summed E-state index contributed by atoms with van der Waals surface area (Å²) in [7, 11) is -3.25. The van der Waals surface area contributed by atoms with Gasteiger partial charge in [-0.1, -0.05) is 6.92 Å². The molecule has 3 N–H and O–H groups in total. The highest BCUT2D eigenvalue weighted by atomic mass is 32.2. The normalized spacial score (nSPS) is 32.9. The Morgan fingerprint density at radius 1 is 1.69 bits per heavy atom. The molecule has 0 spiro atoms. The lowest BCUT2D eigenvalue weighted by Crippen LogP contribution is -2.31. The molecule has 6 heteroatoms. The van der Waals surface area contributed by atoms with Crippen LogP contribution in [0.3, 0.4) is 0 Å². The second-order valence-corrected chi connectivity index (χ2v) is 5.78. The highest BCUT2D eigenvalue weighted by Crippen LogP contribution is 2.50. The first kappa shape index (κ1) is 10.5. The van der Waals surface area contributed by atoms with Crippen molar-refractivity contribution in [1.82, 2.24) is 0 Å². The SMILES string of the molecule is CCS(=O)(=O)[C@@H]1C[C@@]1(CN)C(=O)O. The maximum Gasteiger partial charge on any atom is 0.312 e. The zero-order valence-corrected chi connectivity index (χ0v) is 8.17. The zero-order chi connectivity index (χ0) is 10.3.